The van der Waals surface area contributed by atoms with Crippen molar-refractivity contribution in [2.75, 3.05) is 13.2 Å². The molecule has 1 aromatic heterocycles. The van der Waals surface area contributed by atoms with Gasteiger partial charge in [-0.1, -0.05) is 12.1 Å². The molecule has 0 saturated carbocycles. The molecule has 0 atom stereocenters. The lowest BCUT2D eigenvalue weighted by atomic mass is 10.1. The van der Waals surface area contributed by atoms with Crippen LogP contribution in [-0.2, 0) is 11.3 Å². The SMILES string of the molecule is Cc1ncn(Cc2ccc(C(=O)OCCO)cc2)n1. The summed E-state index contributed by atoms with van der Waals surface area (Å²) in [5.41, 5.74) is 1.48. The summed E-state index contributed by atoms with van der Waals surface area (Å²) in [6.07, 6.45) is 1.67. The molecule has 100 valence electrons. The Morgan fingerprint density at radius 3 is 2.68 bits per heavy atom. The number of hydrogen-bond acceptors (Lipinski definition) is 5. The van der Waals surface area contributed by atoms with Crippen molar-refractivity contribution in [3.8, 4) is 0 Å². The van der Waals surface area contributed by atoms with Crippen LogP contribution < -0.4 is 0 Å². The standard InChI is InChI=1S/C13H15N3O3/c1-10-14-9-16(15-10)8-11-2-4-12(5-3-11)13(18)19-7-6-17/h2-5,9,17H,6-8H2,1H3. The summed E-state index contributed by atoms with van der Waals surface area (Å²) in [5, 5.41) is 12.8. The Morgan fingerprint density at radius 1 is 1.37 bits per heavy atom. The number of aliphatic hydroxyl groups is 1. The molecule has 0 fully saturated rings. The van der Waals surface area contributed by atoms with Crippen LogP contribution in [-0.4, -0.2) is 39.1 Å². The number of esters is 1. The summed E-state index contributed by atoms with van der Waals surface area (Å²) in [4.78, 5) is 15.6. The van der Waals surface area contributed by atoms with Crippen LogP contribution in [0.25, 0.3) is 0 Å². The topological polar surface area (TPSA) is 77.2 Å². The first kappa shape index (κ1) is 13.2. The highest BCUT2D eigenvalue weighted by Crippen LogP contribution is 2.07. The van der Waals surface area contributed by atoms with Gasteiger partial charge in [0.1, 0.15) is 18.8 Å². The molecular weight excluding hydrogens is 246 g/mol. The van der Waals surface area contributed by atoms with Gasteiger partial charge in [0, 0.05) is 0 Å². The van der Waals surface area contributed by atoms with Crippen molar-refractivity contribution in [2.24, 2.45) is 0 Å². The van der Waals surface area contributed by atoms with E-state index in [1.807, 2.05) is 19.1 Å². The second-order valence-electron chi connectivity index (χ2n) is 4.05. The first-order chi connectivity index (χ1) is 9.19. The van der Waals surface area contributed by atoms with Gasteiger partial charge in [-0.15, -0.1) is 0 Å². The lowest BCUT2D eigenvalue weighted by Crippen LogP contribution is -2.09. The zero-order chi connectivity index (χ0) is 13.7. The van der Waals surface area contributed by atoms with Gasteiger partial charge in [0.05, 0.1) is 18.7 Å². The maximum absolute atomic E-state index is 11.5. The van der Waals surface area contributed by atoms with Crippen LogP contribution >= 0.6 is 0 Å². The smallest absolute Gasteiger partial charge is 0.338 e. The molecule has 6 heteroatoms. The van der Waals surface area contributed by atoms with Crippen molar-refractivity contribution in [3.05, 3.63) is 47.5 Å². The van der Waals surface area contributed by atoms with E-state index in [1.165, 1.54) is 0 Å². The van der Waals surface area contributed by atoms with Crippen LogP contribution in [0.4, 0.5) is 0 Å². The molecule has 0 bridgehead atoms. The molecule has 6 nitrogen and oxygen atoms in total. The lowest BCUT2D eigenvalue weighted by molar-refractivity contribution is 0.0434. The van der Waals surface area contributed by atoms with E-state index < -0.39 is 5.97 Å². The average molecular weight is 261 g/mol. The molecule has 2 rings (SSSR count). The minimum Gasteiger partial charge on any atom is -0.460 e. The number of carbonyl (C=O) groups excluding carboxylic acids is 1. The monoisotopic (exact) mass is 261 g/mol. The zero-order valence-electron chi connectivity index (χ0n) is 10.6. The van der Waals surface area contributed by atoms with Gasteiger partial charge in [-0.2, -0.15) is 5.10 Å². The molecule has 0 unspecified atom stereocenters. The zero-order valence-corrected chi connectivity index (χ0v) is 10.6. The molecule has 1 aromatic carbocycles. The van der Waals surface area contributed by atoms with Gasteiger partial charge >= 0.3 is 5.97 Å². The summed E-state index contributed by atoms with van der Waals surface area (Å²) in [5.74, 6) is 0.293. The fourth-order valence-corrected chi connectivity index (χ4v) is 1.62. The molecule has 0 aliphatic carbocycles. The van der Waals surface area contributed by atoms with Crippen molar-refractivity contribution < 1.29 is 14.6 Å². The van der Waals surface area contributed by atoms with E-state index >= 15 is 0 Å². The Bertz CT molecular complexity index is 549. The molecule has 0 spiro atoms. The average Bonchev–Trinajstić information content (AvgIpc) is 2.82. The lowest BCUT2D eigenvalue weighted by Gasteiger charge is -2.04. The Balaban J connectivity index is 2.00. The van der Waals surface area contributed by atoms with Crippen LogP contribution in [0.3, 0.4) is 0 Å². The maximum Gasteiger partial charge on any atom is 0.338 e. The highest BCUT2D eigenvalue weighted by Gasteiger charge is 2.06. The molecule has 0 radical (unpaired) electrons. The van der Waals surface area contributed by atoms with Crippen LogP contribution in [0.5, 0.6) is 0 Å². The molecule has 0 aliphatic heterocycles. The van der Waals surface area contributed by atoms with Gasteiger partial charge in [0.2, 0.25) is 0 Å². The number of nitrogens with zero attached hydrogens (tertiary/aromatic N) is 3. The molecule has 0 amide bonds. The fraction of sp³-hybridized carbons (Fsp3) is 0.308. The van der Waals surface area contributed by atoms with Crippen molar-refractivity contribution in [1.29, 1.82) is 0 Å². The second-order valence-corrected chi connectivity index (χ2v) is 4.05. The predicted molar refractivity (Wildman–Crippen MR) is 67.7 cm³/mol. The number of aliphatic hydroxyl groups excluding tert-OH is 1. The van der Waals surface area contributed by atoms with E-state index in [0.717, 1.165) is 11.4 Å². The van der Waals surface area contributed by atoms with Gasteiger partial charge in [-0.05, 0) is 24.6 Å². The Kier molecular flexibility index (Phi) is 4.25. The minimum absolute atomic E-state index is 0.0127. The van der Waals surface area contributed by atoms with Crippen molar-refractivity contribution in [1.82, 2.24) is 14.8 Å². The quantitative estimate of drug-likeness (QED) is 0.805. The summed E-state index contributed by atoms with van der Waals surface area (Å²) in [7, 11) is 0. The normalized spacial score (nSPS) is 10.4. The largest absolute Gasteiger partial charge is 0.460 e. The summed E-state index contributed by atoms with van der Waals surface area (Å²) < 4.78 is 6.55. The number of aryl methyl sites for hydroxylation is 1. The molecule has 2 aromatic rings. The highest BCUT2D eigenvalue weighted by atomic mass is 16.5. The number of hydrogen-bond donors (Lipinski definition) is 1. The first-order valence-corrected chi connectivity index (χ1v) is 5.92. The van der Waals surface area contributed by atoms with E-state index in [-0.39, 0.29) is 13.2 Å². The number of rotatable bonds is 5. The van der Waals surface area contributed by atoms with E-state index in [4.69, 9.17) is 9.84 Å². The molecule has 1 heterocycles. The van der Waals surface area contributed by atoms with E-state index in [0.29, 0.717) is 12.1 Å². The Hall–Kier alpha value is -2.21. The fourth-order valence-electron chi connectivity index (χ4n) is 1.62. The third-order valence-electron chi connectivity index (χ3n) is 2.51. The third-order valence-corrected chi connectivity index (χ3v) is 2.51. The van der Waals surface area contributed by atoms with Crippen LogP contribution in [0.15, 0.2) is 30.6 Å². The van der Waals surface area contributed by atoms with Crippen LogP contribution in [0.1, 0.15) is 21.7 Å². The molecule has 1 N–H and O–H groups in total. The van der Waals surface area contributed by atoms with Crippen molar-refractivity contribution >= 4 is 5.97 Å². The van der Waals surface area contributed by atoms with Crippen LogP contribution in [0, 0.1) is 6.92 Å². The van der Waals surface area contributed by atoms with Crippen molar-refractivity contribution in [3.63, 3.8) is 0 Å². The summed E-state index contributed by atoms with van der Waals surface area (Å²) in [6.45, 7) is 2.28. The number of aromatic nitrogens is 3. The Labute approximate surface area is 110 Å². The van der Waals surface area contributed by atoms with Gasteiger partial charge < -0.3 is 9.84 Å². The Morgan fingerprint density at radius 2 is 2.11 bits per heavy atom. The van der Waals surface area contributed by atoms with Gasteiger partial charge in [-0.3, -0.25) is 0 Å². The van der Waals surface area contributed by atoms with Gasteiger partial charge in [0.15, 0.2) is 0 Å². The third kappa shape index (κ3) is 3.62. The summed E-state index contributed by atoms with van der Waals surface area (Å²) >= 11 is 0. The molecule has 0 aliphatic rings. The van der Waals surface area contributed by atoms with E-state index in [1.54, 1.807) is 23.1 Å². The van der Waals surface area contributed by atoms with E-state index in [2.05, 4.69) is 10.1 Å². The number of benzene rings is 1. The molecule has 0 saturated heterocycles. The van der Waals surface area contributed by atoms with Gasteiger partial charge in [-0.25, -0.2) is 14.5 Å². The highest BCUT2D eigenvalue weighted by molar-refractivity contribution is 5.89. The van der Waals surface area contributed by atoms with Gasteiger partial charge in [0.25, 0.3) is 0 Å². The maximum atomic E-state index is 11.5. The second kappa shape index (κ2) is 6.10. The summed E-state index contributed by atoms with van der Waals surface area (Å²) in [6, 6.07) is 7.07. The molecular formula is C13H15N3O3. The predicted octanol–water partition coefficient (Wildman–Crippen LogP) is 0.784. The first-order valence-electron chi connectivity index (χ1n) is 5.92. The number of ether oxygens (including phenoxy) is 1. The number of carbonyl (C=O) groups is 1. The van der Waals surface area contributed by atoms with Crippen LogP contribution in [0.2, 0.25) is 0 Å². The minimum atomic E-state index is -0.433. The van der Waals surface area contributed by atoms with Crippen molar-refractivity contribution in [2.45, 2.75) is 13.5 Å². The molecule has 19 heavy (non-hydrogen) atoms. The van der Waals surface area contributed by atoms with E-state index in [9.17, 15) is 4.79 Å².